The molecule has 0 aliphatic heterocycles. The van der Waals surface area contributed by atoms with Gasteiger partial charge in [0.05, 0.1) is 6.10 Å². The smallest absolute Gasteiger partial charge is 0.251 e. The van der Waals surface area contributed by atoms with Crippen molar-refractivity contribution in [2.45, 2.75) is 45.8 Å². The molecule has 1 fully saturated rings. The fraction of sp³-hybridized carbons (Fsp3) is 0.579. The van der Waals surface area contributed by atoms with Gasteiger partial charge in [0.2, 0.25) is 5.91 Å². The molecule has 132 valence electrons. The fourth-order valence-electron chi connectivity index (χ4n) is 2.76. The van der Waals surface area contributed by atoms with Crippen LogP contribution in [0.1, 0.15) is 42.6 Å². The molecule has 0 spiro atoms. The van der Waals surface area contributed by atoms with E-state index in [0.29, 0.717) is 18.0 Å². The third-order valence-electron chi connectivity index (χ3n) is 4.50. The standard InChI is InChI=1S/C19H28N2O3/c1-12(2)17(19(24)21(4)11-16(22)14-8-9-14)20-18(23)15-7-5-6-13(3)10-15/h5-7,10,12,14,16-17,22H,8-9,11H2,1-4H3,(H,20,23). The molecule has 2 rings (SSSR count). The van der Waals surface area contributed by atoms with Gasteiger partial charge >= 0.3 is 0 Å². The Morgan fingerprint density at radius 1 is 1.33 bits per heavy atom. The van der Waals surface area contributed by atoms with Crippen molar-refractivity contribution in [3.8, 4) is 0 Å². The third kappa shape index (κ3) is 4.81. The van der Waals surface area contributed by atoms with Crippen LogP contribution in [0.5, 0.6) is 0 Å². The number of carbonyl (C=O) groups is 2. The van der Waals surface area contributed by atoms with Gasteiger partial charge in [-0.25, -0.2) is 0 Å². The summed E-state index contributed by atoms with van der Waals surface area (Å²) in [7, 11) is 1.68. The zero-order valence-electron chi connectivity index (χ0n) is 15.0. The van der Waals surface area contributed by atoms with E-state index in [0.717, 1.165) is 18.4 Å². The van der Waals surface area contributed by atoms with Crippen LogP contribution in [0.4, 0.5) is 0 Å². The topological polar surface area (TPSA) is 69.6 Å². The van der Waals surface area contributed by atoms with Crippen molar-refractivity contribution in [1.82, 2.24) is 10.2 Å². The molecule has 5 heteroatoms. The molecule has 2 amide bonds. The summed E-state index contributed by atoms with van der Waals surface area (Å²) in [6.45, 7) is 6.05. The molecule has 1 aliphatic carbocycles. The van der Waals surface area contributed by atoms with Crippen LogP contribution in [0.15, 0.2) is 24.3 Å². The Hall–Kier alpha value is -1.88. The van der Waals surface area contributed by atoms with Crippen LogP contribution in [0.2, 0.25) is 0 Å². The van der Waals surface area contributed by atoms with Gasteiger partial charge in [0.25, 0.3) is 5.91 Å². The molecule has 1 aliphatic rings. The predicted molar refractivity (Wildman–Crippen MR) is 93.6 cm³/mol. The summed E-state index contributed by atoms with van der Waals surface area (Å²) in [5.41, 5.74) is 1.55. The number of nitrogens with zero attached hydrogens (tertiary/aromatic N) is 1. The van der Waals surface area contributed by atoms with Gasteiger partial charge in [0, 0.05) is 19.2 Å². The summed E-state index contributed by atoms with van der Waals surface area (Å²) in [4.78, 5) is 26.7. The van der Waals surface area contributed by atoms with Crippen LogP contribution >= 0.6 is 0 Å². The van der Waals surface area contributed by atoms with Crippen LogP contribution in [0, 0.1) is 18.8 Å². The first-order valence-corrected chi connectivity index (χ1v) is 8.60. The molecule has 1 aromatic carbocycles. The van der Waals surface area contributed by atoms with Crippen LogP contribution in [-0.4, -0.2) is 47.6 Å². The van der Waals surface area contributed by atoms with Crippen LogP contribution in [0.3, 0.4) is 0 Å². The Morgan fingerprint density at radius 3 is 2.54 bits per heavy atom. The summed E-state index contributed by atoms with van der Waals surface area (Å²) in [5.74, 6) is -0.126. The number of aliphatic hydroxyl groups excluding tert-OH is 1. The number of aryl methyl sites for hydroxylation is 1. The van der Waals surface area contributed by atoms with Crippen molar-refractivity contribution in [2.75, 3.05) is 13.6 Å². The van der Waals surface area contributed by atoms with Crippen molar-refractivity contribution in [2.24, 2.45) is 11.8 Å². The van der Waals surface area contributed by atoms with Gasteiger partial charge in [-0.2, -0.15) is 0 Å². The van der Waals surface area contributed by atoms with E-state index in [2.05, 4.69) is 5.32 Å². The molecule has 2 atom stereocenters. The minimum Gasteiger partial charge on any atom is -0.391 e. The molecule has 24 heavy (non-hydrogen) atoms. The lowest BCUT2D eigenvalue weighted by Crippen LogP contribution is -2.51. The Kier molecular flexibility index (Phi) is 5.99. The first-order chi connectivity index (χ1) is 11.3. The average molecular weight is 332 g/mol. The van der Waals surface area contributed by atoms with Gasteiger partial charge in [-0.15, -0.1) is 0 Å². The molecule has 1 saturated carbocycles. The molecule has 2 N–H and O–H groups in total. The number of benzene rings is 1. The Labute approximate surface area is 144 Å². The van der Waals surface area contributed by atoms with Gasteiger partial charge in [-0.05, 0) is 43.7 Å². The van der Waals surface area contributed by atoms with Crippen molar-refractivity contribution in [3.05, 3.63) is 35.4 Å². The van der Waals surface area contributed by atoms with Crippen molar-refractivity contribution in [3.63, 3.8) is 0 Å². The molecule has 0 radical (unpaired) electrons. The lowest BCUT2D eigenvalue weighted by Gasteiger charge is -2.28. The first-order valence-electron chi connectivity index (χ1n) is 8.60. The number of hydrogen-bond acceptors (Lipinski definition) is 3. The minimum absolute atomic E-state index is 0.0354. The molecular formula is C19H28N2O3. The summed E-state index contributed by atoms with van der Waals surface area (Å²) in [5, 5.41) is 12.9. The number of carbonyl (C=O) groups excluding carboxylic acids is 2. The maximum atomic E-state index is 12.7. The van der Waals surface area contributed by atoms with Gasteiger partial charge in [0.15, 0.2) is 0 Å². The second-order valence-electron chi connectivity index (χ2n) is 7.19. The van der Waals surface area contributed by atoms with E-state index < -0.39 is 12.1 Å². The van der Waals surface area contributed by atoms with Crippen LogP contribution < -0.4 is 5.32 Å². The number of likely N-dealkylation sites (N-methyl/N-ethyl adjacent to an activating group) is 1. The van der Waals surface area contributed by atoms with E-state index in [4.69, 9.17) is 0 Å². The van der Waals surface area contributed by atoms with Gasteiger partial charge in [-0.3, -0.25) is 9.59 Å². The second kappa shape index (κ2) is 7.79. The van der Waals surface area contributed by atoms with Gasteiger partial charge in [0.1, 0.15) is 6.04 Å². The zero-order chi connectivity index (χ0) is 17.9. The predicted octanol–water partition coefficient (Wildman–Crippen LogP) is 1.98. The highest BCUT2D eigenvalue weighted by molar-refractivity contribution is 5.97. The third-order valence-corrected chi connectivity index (χ3v) is 4.50. The normalized spacial score (nSPS) is 16.6. The van der Waals surface area contributed by atoms with Crippen LogP contribution in [-0.2, 0) is 4.79 Å². The number of hydrogen-bond donors (Lipinski definition) is 2. The number of aliphatic hydroxyl groups is 1. The maximum absolute atomic E-state index is 12.7. The SMILES string of the molecule is Cc1cccc(C(=O)NC(C(=O)N(C)CC(O)C2CC2)C(C)C)c1. The minimum atomic E-state index is -0.602. The van der Waals surface area contributed by atoms with E-state index in [1.54, 1.807) is 19.2 Å². The Balaban J connectivity index is 2.02. The fourth-order valence-corrected chi connectivity index (χ4v) is 2.76. The van der Waals surface area contributed by atoms with E-state index in [1.807, 2.05) is 32.9 Å². The number of rotatable bonds is 7. The largest absolute Gasteiger partial charge is 0.391 e. The van der Waals surface area contributed by atoms with E-state index in [1.165, 1.54) is 4.90 Å². The van der Waals surface area contributed by atoms with E-state index >= 15 is 0 Å². The maximum Gasteiger partial charge on any atom is 0.251 e. The van der Waals surface area contributed by atoms with E-state index in [9.17, 15) is 14.7 Å². The molecule has 0 aromatic heterocycles. The second-order valence-corrected chi connectivity index (χ2v) is 7.19. The summed E-state index contributed by atoms with van der Waals surface area (Å²) in [6.07, 6.45) is 1.58. The molecule has 5 nitrogen and oxygen atoms in total. The molecule has 0 heterocycles. The highest BCUT2D eigenvalue weighted by Gasteiger charge is 2.33. The highest BCUT2D eigenvalue weighted by Crippen LogP contribution is 2.32. The molecule has 0 bridgehead atoms. The first kappa shape index (κ1) is 18.5. The Morgan fingerprint density at radius 2 is 2.00 bits per heavy atom. The molecule has 1 aromatic rings. The van der Waals surface area contributed by atoms with E-state index in [-0.39, 0.29) is 17.7 Å². The summed E-state index contributed by atoms with van der Waals surface area (Å²) < 4.78 is 0. The molecule has 2 unspecified atom stereocenters. The highest BCUT2D eigenvalue weighted by atomic mass is 16.3. The Bertz CT molecular complexity index is 596. The van der Waals surface area contributed by atoms with Crippen molar-refractivity contribution in [1.29, 1.82) is 0 Å². The summed E-state index contributed by atoms with van der Waals surface area (Å²) >= 11 is 0. The summed E-state index contributed by atoms with van der Waals surface area (Å²) in [6, 6.07) is 6.70. The lowest BCUT2D eigenvalue weighted by molar-refractivity contribution is -0.134. The average Bonchev–Trinajstić information content (AvgIpc) is 3.36. The van der Waals surface area contributed by atoms with Crippen molar-refractivity contribution >= 4 is 11.8 Å². The quantitative estimate of drug-likeness (QED) is 0.802. The zero-order valence-corrected chi connectivity index (χ0v) is 15.0. The number of nitrogens with one attached hydrogen (secondary N) is 1. The van der Waals surface area contributed by atoms with Gasteiger partial charge < -0.3 is 15.3 Å². The van der Waals surface area contributed by atoms with Crippen molar-refractivity contribution < 1.29 is 14.7 Å². The lowest BCUT2D eigenvalue weighted by atomic mass is 10.0. The number of amides is 2. The van der Waals surface area contributed by atoms with Gasteiger partial charge in [-0.1, -0.05) is 31.5 Å². The molecular weight excluding hydrogens is 304 g/mol. The monoisotopic (exact) mass is 332 g/mol. The van der Waals surface area contributed by atoms with Crippen LogP contribution in [0.25, 0.3) is 0 Å². The molecule has 0 saturated heterocycles.